The van der Waals surface area contributed by atoms with Crippen LogP contribution in [0.15, 0.2) is 71.8 Å². The molecule has 4 atom stereocenters. The molecule has 2 N–H and O–H groups in total. The molecule has 0 radical (unpaired) electrons. The first-order valence-electron chi connectivity index (χ1n) is 17.8. The van der Waals surface area contributed by atoms with Crippen LogP contribution in [0, 0.1) is 0 Å². The van der Waals surface area contributed by atoms with Crippen LogP contribution in [0.2, 0.25) is 18.1 Å². The Morgan fingerprint density at radius 1 is 0.906 bits per heavy atom. The van der Waals surface area contributed by atoms with Crippen LogP contribution in [0.3, 0.4) is 0 Å². The van der Waals surface area contributed by atoms with Crippen LogP contribution in [0.25, 0.3) is 21.2 Å². The zero-order chi connectivity index (χ0) is 39.1. The van der Waals surface area contributed by atoms with Crippen molar-refractivity contribution >= 4 is 43.0 Å². The fourth-order valence-corrected chi connectivity index (χ4v) is 6.84. The van der Waals surface area contributed by atoms with Crippen LogP contribution in [0.5, 0.6) is 5.75 Å². The lowest BCUT2D eigenvalue weighted by Gasteiger charge is -2.36. The number of benzene rings is 3. The van der Waals surface area contributed by atoms with Gasteiger partial charge in [-0.25, -0.2) is 9.59 Å². The van der Waals surface area contributed by atoms with Gasteiger partial charge in [-0.1, -0.05) is 80.5 Å². The number of esters is 1. The molecule has 0 bridgehead atoms. The van der Waals surface area contributed by atoms with Crippen molar-refractivity contribution in [2.75, 3.05) is 13.7 Å². The molecule has 14 heteroatoms. The lowest BCUT2D eigenvalue weighted by molar-refractivity contribution is -0.145. The third-order valence-corrected chi connectivity index (χ3v) is 14.0. The summed E-state index contributed by atoms with van der Waals surface area (Å²) in [4.78, 5) is 58.4. The van der Waals surface area contributed by atoms with E-state index >= 15 is 0 Å². The number of nitrogens with zero attached hydrogens (tertiary/aromatic N) is 4. The van der Waals surface area contributed by atoms with Gasteiger partial charge in [0.25, 0.3) is 0 Å². The molecule has 53 heavy (non-hydrogen) atoms. The van der Waals surface area contributed by atoms with Gasteiger partial charge in [0, 0.05) is 24.3 Å². The second-order valence-corrected chi connectivity index (χ2v) is 20.7. The van der Waals surface area contributed by atoms with Crippen molar-refractivity contribution < 1.29 is 33.1 Å². The largest absolute Gasteiger partial charge is 0.544 e. The minimum atomic E-state index is -2.07. The van der Waals surface area contributed by atoms with Gasteiger partial charge < -0.3 is 24.5 Å². The molecule has 284 valence electrons. The molecular weight excluding hydrogens is 693 g/mol. The molecule has 4 rings (SSSR count). The van der Waals surface area contributed by atoms with E-state index in [9.17, 15) is 19.2 Å². The zero-order valence-corrected chi connectivity index (χ0v) is 33.1. The summed E-state index contributed by atoms with van der Waals surface area (Å²) in [6.07, 6.45) is -0.498. The van der Waals surface area contributed by atoms with Crippen LogP contribution in [0.4, 0.5) is 4.79 Å². The Morgan fingerprint density at radius 2 is 1.53 bits per heavy atom. The van der Waals surface area contributed by atoms with Crippen molar-refractivity contribution in [1.29, 1.82) is 0 Å². The fraction of sp³-hybridized carbons (Fsp3) is 0.487. The maximum Gasteiger partial charge on any atom is 0.410 e. The van der Waals surface area contributed by atoms with E-state index < -0.39 is 62.0 Å². The number of methoxy groups -OCH3 is 1. The highest BCUT2D eigenvalue weighted by Gasteiger charge is 2.43. The molecule has 13 nitrogen and oxygen atoms in total. The molecule has 3 aromatic rings. The Kier molecular flexibility index (Phi) is 12.8. The van der Waals surface area contributed by atoms with E-state index in [1.165, 1.54) is 12.0 Å². The average molecular weight is 745 g/mol. The highest BCUT2D eigenvalue weighted by molar-refractivity contribution is 6.74. The molecule has 1 aliphatic rings. The van der Waals surface area contributed by atoms with Gasteiger partial charge in [-0.15, -0.1) is 0 Å². The topological polar surface area (TPSA) is 172 Å². The Labute approximate surface area is 312 Å². The lowest BCUT2D eigenvalue weighted by Crippen LogP contribution is -2.56. The Hall–Kier alpha value is -5.07. The zero-order valence-electron chi connectivity index (χ0n) is 32.1. The number of hydrogen-bond acceptors (Lipinski definition) is 8. The van der Waals surface area contributed by atoms with E-state index in [-0.39, 0.29) is 30.8 Å². The number of carbonyl (C=O) groups excluding carboxylic acids is 4. The van der Waals surface area contributed by atoms with Crippen LogP contribution in [-0.4, -0.2) is 80.5 Å². The van der Waals surface area contributed by atoms with E-state index in [0.29, 0.717) is 0 Å². The van der Waals surface area contributed by atoms with Gasteiger partial charge in [-0.2, -0.15) is 0 Å². The van der Waals surface area contributed by atoms with Crippen molar-refractivity contribution in [3.05, 3.63) is 88.3 Å². The number of amides is 3. The summed E-state index contributed by atoms with van der Waals surface area (Å²) < 4.78 is 17.0. The first-order chi connectivity index (χ1) is 24.8. The SMILES string of the molecule is COC(=O)[C@H](Cc1ccc(O[Si](C)(C)C(C)(C)C)cc1)NC(=O)[C@H](Cc1ccc2ccccc2c1)NC(=O)[C@@H]1C[C@H](N=[N+]=[N-])CN1C(=O)OC(C)(C)C. The number of fused-ring (bicyclic) bond motifs is 1. The van der Waals surface area contributed by atoms with E-state index in [1.54, 1.807) is 20.8 Å². The van der Waals surface area contributed by atoms with E-state index in [0.717, 1.165) is 27.6 Å². The summed E-state index contributed by atoms with van der Waals surface area (Å²) in [6, 6.07) is 17.0. The molecule has 0 aromatic heterocycles. The Bertz CT molecular complexity index is 1850. The van der Waals surface area contributed by atoms with Crippen molar-refractivity contribution in [2.24, 2.45) is 5.11 Å². The Morgan fingerprint density at radius 3 is 2.13 bits per heavy atom. The third kappa shape index (κ3) is 11.0. The van der Waals surface area contributed by atoms with Crippen LogP contribution >= 0.6 is 0 Å². The Balaban J connectivity index is 1.60. The molecule has 0 saturated carbocycles. The van der Waals surface area contributed by atoms with Gasteiger partial charge in [-0.05, 0) is 84.9 Å². The van der Waals surface area contributed by atoms with E-state index in [1.807, 2.05) is 66.7 Å². The minimum absolute atomic E-state index is 0.0167. The number of azide groups is 1. The molecule has 0 aliphatic carbocycles. The van der Waals surface area contributed by atoms with Crippen LogP contribution < -0.4 is 15.1 Å². The first kappa shape index (κ1) is 40.7. The van der Waals surface area contributed by atoms with Gasteiger partial charge in [0.2, 0.25) is 20.1 Å². The van der Waals surface area contributed by atoms with Gasteiger partial charge in [0.1, 0.15) is 29.5 Å². The number of carbonyl (C=O) groups is 4. The second kappa shape index (κ2) is 16.7. The van der Waals surface area contributed by atoms with Crippen molar-refractivity contribution in [1.82, 2.24) is 15.5 Å². The minimum Gasteiger partial charge on any atom is -0.544 e. The molecule has 3 aromatic carbocycles. The number of hydrogen-bond donors (Lipinski definition) is 2. The van der Waals surface area contributed by atoms with Crippen molar-refractivity contribution in [3.63, 3.8) is 0 Å². The van der Waals surface area contributed by atoms with Gasteiger partial charge in [0.05, 0.1) is 13.2 Å². The molecule has 1 fully saturated rings. The molecular formula is C39H52N6O7Si. The normalized spacial score (nSPS) is 17.3. The third-order valence-electron chi connectivity index (χ3n) is 9.66. The second-order valence-electron chi connectivity index (χ2n) is 16.0. The summed E-state index contributed by atoms with van der Waals surface area (Å²) in [5.41, 5.74) is 9.78. The van der Waals surface area contributed by atoms with Crippen LogP contribution in [-0.2, 0) is 36.7 Å². The number of nitrogens with one attached hydrogen (secondary N) is 2. The molecule has 0 spiro atoms. The van der Waals surface area contributed by atoms with Crippen molar-refractivity contribution in [3.8, 4) is 5.75 Å². The summed E-state index contributed by atoms with van der Waals surface area (Å²) in [5.74, 6) is -1.17. The molecule has 1 saturated heterocycles. The van der Waals surface area contributed by atoms with Crippen molar-refractivity contribution in [2.45, 2.75) is 109 Å². The highest BCUT2D eigenvalue weighted by atomic mass is 28.4. The average Bonchev–Trinajstić information content (AvgIpc) is 3.51. The standard InChI is InChI=1S/C39H52N6O7Si/c1-38(2,3)51-37(49)45-24-29(43-44-40)23-33(45)35(47)41-31(22-26-14-17-27-12-10-11-13-28(27)20-26)34(46)42-32(36(48)50-7)21-25-15-18-30(19-16-25)52-53(8,9)39(4,5)6/h10-20,29,31-33H,21-24H2,1-9H3,(H,41,47)(H,42,46)/t29-,31-,32-,33-/m0/s1. The molecule has 0 unspecified atom stereocenters. The van der Waals surface area contributed by atoms with Gasteiger partial charge >= 0.3 is 12.1 Å². The summed E-state index contributed by atoms with van der Waals surface area (Å²) in [6.45, 7) is 15.9. The van der Waals surface area contributed by atoms with Gasteiger partial charge in [0.15, 0.2) is 0 Å². The predicted molar refractivity (Wildman–Crippen MR) is 206 cm³/mol. The lowest BCUT2D eigenvalue weighted by atomic mass is 9.99. The maximum atomic E-state index is 14.1. The first-order valence-corrected chi connectivity index (χ1v) is 20.7. The fourth-order valence-electron chi connectivity index (χ4n) is 5.80. The van der Waals surface area contributed by atoms with E-state index in [4.69, 9.17) is 19.4 Å². The summed E-state index contributed by atoms with van der Waals surface area (Å²) in [5, 5.41) is 11.4. The molecule has 1 aliphatic heterocycles. The smallest absolute Gasteiger partial charge is 0.410 e. The van der Waals surface area contributed by atoms with E-state index in [2.05, 4.69) is 54.5 Å². The monoisotopic (exact) mass is 744 g/mol. The highest BCUT2D eigenvalue weighted by Crippen LogP contribution is 2.37. The van der Waals surface area contributed by atoms with Gasteiger partial charge in [-0.3, -0.25) is 14.5 Å². The maximum absolute atomic E-state index is 14.1. The number of rotatable bonds is 12. The molecule has 1 heterocycles. The summed E-state index contributed by atoms with van der Waals surface area (Å²) in [7, 11) is -0.822. The quantitative estimate of drug-likeness (QED) is 0.0672. The van der Waals surface area contributed by atoms with Crippen LogP contribution in [0.1, 0.15) is 59.1 Å². The molecule has 3 amide bonds. The number of likely N-dealkylation sites (tertiary alicyclic amines) is 1. The number of ether oxygens (including phenoxy) is 2. The predicted octanol–water partition coefficient (Wildman–Crippen LogP) is 6.84. The summed E-state index contributed by atoms with van der Waals surface area (Å²) >= 11 is 0.